The predicted molar refractivity (Wildman–Crippen MR) is 111 cm³/mol. The molecule has 3 aromatic carbocycles. The zero-order valence-corrected chi connectivity index (χ0v) is 15.7. The number of fused-ring (bicyclic) bond motifs is 1. The molecule has 1 saturated heterocycles. The highest BCUT2D eigenvalue weighted by atomic mass is 35.5. The fourth-order valence-electron chi connectivity index (χ4n) is 3.47. The van der Waals surface area contributed by atoms with Crippen molar-refractivity contribution in [3.63, 3.8) is 0 Å². The quantitative estimate of drug-likeness (QED) is 0.724. The number of benzene rings is 3. The van der Waals surface area contributed by atoms with Gasteiger partial charge in [0.1, 0.15) is 0 Å². The molecular formula is C22H21ClN2O2. The number of morpholine rings is 1. The van der Waals surface area contributed by atoms with Gasteiger partial charge in [0, 0.05) is 18.8 Å². The molecule has 138 valence electrons. The minimum absolute atomic E-state index is 0.0541. The summed E-state index contributed by atoms with van der Waals surface area (Å²) in [4.78, 5) is 14.7. The summed E-state index contributed by atoms with van der Waals surface area (Å²) in [6.07, 6.45) is 0.324. The molecule has 3 aromatic rings. The lowest BCUT2D eigenvalue weighted by Crippen LogP contribution is -2.36. The molecular weight excluding hydrogens is 360 g/mol. The van der Waals surface area contributed by atoms with Crippen LogP contribution in [0.4, 0.5) is 11.4 Å². The maximum absolute atomic E-state index is 12.5. The standard InChI is InChI=1S/C22H21ClN2O2/c23-20-15-18(8-9-21(20)25-10-12-27-13-11-25)24-22(26)14-17-6-3-5-16-4-1-2-7-19(16)17/h1-9,15H,10-14H2,(H,24,26). The van der Waals surface area contributed by atoms with E-state index in [2.05, 4.69) is 22.3 Å². The van der Waals surface area contributed by atoms with Gasteiger partial charge in [-0.05, 0) is 34.5 Å². The number of amides is 1. The third-order valence-electron chi connectivity index (χ3n) is 4.81. The number of nitrogens with one attached hydrogen (secondary N) is 1. The number of hydrogen-bond acceptors (Lipinski definition) is 3. The minimum Gasteiger partial charge on any atom is -0.378 e. The van der Waals surface area contributed by atoms with E-state index in [0.29, 0.717) is 30.3 Å². The molecule has 0 spiro atoms. The van der Waals surface area contributed by atoms with Crippen LogP contribution in [0.3, 0.4) is 0 Å². The third kappa shape index (κ3) is 4.07. The molecule has 1 aliphatic rings. The predicted octanol–water partition coefficient (Wildman–Crippen LogP) is 4.51. The Morgan fingerprint density at radius 3 is 2.63 bits per heavy atom. The first-order valence-corrected chi connectivity index (χ1v) is 9.47. The molecule has 0 bridgehead atoms. The number of halogens is 1. The van der Waals surface area contributed by atoms with E-state index in [1.165, 1.54) is 0 Å². The van der Waals surface area contributed by atoms with E-state index in [9.17, 15) is 4.79 Å². The van der Waals surface area contributed by atoms with Gasteiger partial charge < -0.3 is 15.0 Å². The molecule has 1 fully saturated rings. The third-order valence-corrected chi connectivity index (χ3v) is 5.12. The molecule has 1 aliphatic heterocycles. The monoisotopic (exact) mass is 380 g/mol. The van der Waals surface area contributed by atoms with E-state index in [4.69, 9.17) is 16.3 Å². The van der Waals surface area contributed by atoms with E-state index in [1.54, 1.807) is 0 Å². The summed E-state index contributed by atoms with van der Waals surface area (Å²) >= 11 is 6.45. The van der Waals surface area contributed by atoms with E-state index in [-0.39, 0.29) is 5.91 Å². The fraction of sp³-hybridized carbons (Fsp3) is 0.227. The Hall–Kier alpha value is -2.56. The van der Waals surface area contributed by atoms with Crippen LogP contribution in [0.2, 0.25) is 5.02 Å². The van der Waals surface area contributed by atoms with Crippen LogP contribution in [0, 0.1) is 0 Å². The highest BCUT2D eigenvalue weighted by Gasteiger charge is 2.15. The minimum atomic E-state index is -0.0541. The van der Waals surface area contributed by atoms with Crippen molar-refractivity contribution in [3.8, 4) is 0 Å². The average molecular weight is 381 g/mol. The van der Waals surface area contributed by atoms with Crippen molar-refractivity contribution in [3.05, 3.63) is 71.2 Å². The molecule has 5 heteroatoms. The van der Waals surface area contributed by atoms with Gasteiger partial charge >= 0.3 is 0 Å². The lowest BCUT2D eigenvalue weighted by Gasteiger charge is -2.29. The Morgan fingerprint density at radius 2 is 1.81 bits per heavy atom. The van der Waals surface area contributed by atoms with Gasteiger partial charge in [-0.25, -0.2) is 0 Å². The molecule has 0 atom stereocenters. The number of nitrogens with zero attached hydrogens (tertiary/aromatic N) is 1. The molecule has 0 saturated carbocycles. The maximum atomic E-state index is 12.5. The van der Waals surface area contributed by atoms with Crippen molar-refractivity contribution in [2.45, 2.75) is 6.42 Å². The van der Waals surface area contributed by atoms with E-state index in [0.717, 1.165) is 35.1 Å². The molecule has 0 aromatic heterocycles. The Bertz CT molecular complexity index is 962. The molecule has 27 heavy (non-hydrogen) atoms. The lowest BCUT2D eigenvalue weighted by atomic mass is 10.0. The normalized spacial score (nSPS) is 14.3. The fourth-order valence-corrected chi connectivity index (χ4v) is 3.77. The van der Waals surface area contributed by atoms with Crippen LogP contribution in [-0.2, 0) is 16.0 Å². The summed E-state index contributed by atoms with van der Waals surface area (Å²) in [5.74, 6) is -0.0541. The largest absolute Gasteiger partial charge is 0.378 e. The van der Waals surface area contributed by atoms with Gasteiger partial charge in [-0.3, -0.25) is 4.79 Å². The van der Waals surface area contributed by atoms with E-state index < -0.39 is 0 Å². The molecule has 0 unspecified atom stereocenters. The van der Waals surface area contributed by atoms with Gasteiger partial charge in [-0.2, -0.15) is 0 Å². The van der Waals surface area contributed by atoms with Gasteiger partial charge in [0.2, 0.25) is 5.91 Å². The van der Waals surface area contributed by atoms with Crippen molar-refractivity contribution in [2.75, 3.05) is 36.5 Å². The summed E-state index contributed by atoms with van der Waals surface area (Å²) in [5, 5.41) is 5.85. The summed E-state index contributed by atoms with van der Waals surface area (Å²) in [7, 11) is 0. The first-order valence-electron chi connectivity index (χ1n) is 9.09. The number of rotatable bonds is 4. The van der Waals surface area contributed by atoms with Crippen LogP contribution in [0.5, 0.6) is 0 Å². The van der Waals surface area contributed by atoms with Gasteiger partial charge in [0.15, 0.2) is 0 Å². The van der Waals surface area contributed by atoms with Crippen molar-refractivity contribution in [1.82, 2.24) is 0 Å². The van der Waals surface area contributed by atoms with Gasteiger partial charge in [0.25, 0.3) is 0 Å². The first-order chi connectivity index (χ1) is 13.2. The number of hydrogen-bond donors (Lipinski definition) is 1. The molecule has 1 heterocycles. The highest BCUT2D eigenvalue weighted by molar-refractivity contribution is 6.33. The second-order valence-corrected chi connectivity index (χ2v) is 7.04. The number of ether oxygens (including phenoxy) is 1. The Labute approximate surface area is 163 Å². The molecule has 0 aliphatic carbocycles. The molecule has 4 nitrogen and oxygen atoms in total. The van der Waals surface area contributed by atoms with Crippen molar-refractivity contribution >= 4 is 39.7 Å². The second kappa shape index (κ2) is 7.99. The second-order valence-electron chi connectivity index (χ2n) is 6.63. The van der Waals surface area contributed by atoms with Crippen molar-refractivity contribution in [2.24, 2.45) is 0 Å². The summed E-state index contributed by atoms with van der Waals surface area (Å²) in [5.41, 5.74) is 2.70. The topological polar surface area (TPSA) is 41.6 Å². The van der Waals surface area contributed by atoms with Crippen LogP contribution < -0.4 is 10.2 Å². The molecule has 1 amide bonds. The van der Waals surface area contributed by atoms with Crippen LogP contribution in [0.25, 0.3) is 10.8 Å². The van der Waals surface area contributed by atoms with Crippen LogP contribution in [0.1, 0.15) is 5.56 Å². The zero-order valence-electron chi connectivity index (χ0n) is 15.0. The smallest absolute Gasteiger partial charge is 0.228 e. The van der Waals surface area contributed by atoms with Gasteiger partial charge in [0.05, 0.1) is 30.3 Å². The molecule has 0 radical (unpaired) electrons. The van der Waals surface area contributed by atoms with Crippen LogP contribution in [0.15, 0.2) is 60.7 Å². The van der Waals surface area contributed by atoms with Crippen LogP contribution in [-0.4, -0.2) is 32.2 Å². The Morgan fingerprint density at radius 1 is 1.04 bits per heavy atom. The van der Waals surface area contributed by atoms with Gasteiger partial charge in [-0.1, -0.05) is 54.1 Å². The van der Waals surface area contributed by atoms with Crippen molar-refractivity contribution in [1.29, 1.82) is 0 Å². The number of anilines is 2. The van der Waals surface area contributed by atoms with Crippen LogP contribution >= 0.6 is 11.6 Å². The first kappa shape index (κ1) is 17.8. The Balaban J connectivity index is 1.47. The molecule has 1 N–H and O–H groups in total. The average Bonchev–Trinajstić information content (AvgIpc) is 2.69. The maximum Gasteiger partial charge on any atom is 0.228 e. The summed E-state index contributed by atoms with van der Waals surface area (Å²) in [6, 6.07) is 19.8. The summed E-state index contributed by atoms with van der Waals surface area (Å²) < 4.78 is 5.38. The lowest BCUT2D eigenvalue weighted by molar-refractivity contribution is -0.115. The summed E-state index contributed by atoms with van der Waals surface area (Å²) in [6.45, 7) is 3.07. The SMILES string of the molecule is O=C(Cc1cccc2ccccc12)Nc1ccc(N2CCOCC2)c(Cl)c1. The van der Waals surface area contributed by atoms with Gasteiger partial charge in [-0.15, -0.1) is 0 Å². The zero-order chi connectivity index (χ0) is 18.6. The Kier molecular flexibility index (Phi) is 5.28. The molecule has 4 rings (SSSR count). The van der Waals surface area contributed by atoms with Crippen molar-refractivity contribution < 1.29 is 9.53 Å². The highest BCUT2D eigenvalue weighted by Crippen LogP contribution is 2.29. The number of carbonyl (C=O) groups excluding carboxylic acids is 1. The van der Waals surface area contributed by atoms with E-state index in [1.807, 2.05) is 48.5 Å². The number of carbonyl (C=O) groups is 1. The van der Waals surface area contributed by atoms with E-state index >= 15 is 0 Å².